The fourth-order valence-electron chi connectivity index (χ4n) is 3.13. The molecule has 0 aliphatic carbocycles. The summed E-state index contributed by atoms with van der Waals surface area (Å²) in [7, 11) is 1.57. The minimum Gasteiger partial charge on any atom is -0.280 e. The highest BCUT2D eigenvalue weighted by atomic mass is 19.1. The predicted molar refractivity (Wildman–Crippen MR) is 102 cm³/mol. The molecule has 6 heteroatoms. The highest BCUT2D eigenvalue weighted by molar-refractivity contribution is 5.80. The van der Waals surface area contributed by atoms with Crippen LogP contribution in [0.1, 0.15) is 5.56 Å². The maximum absolute atomic E-state index is 14.1. The van der Waals surface area contributed by atoms with E-state index in [4.69, 9.17) is 0 Å². The van der Waals surface area contributed by atoms with Gasteiger partial charge in [-0.2, -0.15) is 0 Å². The second-order valence-electron chi connectivity index (χ2n) is 6.29. The van der Waals surface area contributed by atoms with Crippen LogP contribution in [-0.4, -0.2) is 14.1 Å². The molecule has 27 heavy (non-hydrogen) atoms. The Hall–Kier alpha value is -3.54. The van der Waals surface area contributed by atoms with Crippen LogP contribution in [0.2, 0.25) is 0 Å². The molecule has 2 aromatic heterocycles. The predicted octanol–water partition coefficient (Wildman–Crippen LogP) is 2.95. The summed E-state index contributed by atoms with van der Waals surface area (Å²) in [6.07, 6.45) is 1.47. The van der Waals surface area contributed by atoms with Gasteiger partial charge in [0.05, 0.1) is 11.9 Å². The minimum absolute atomic E-state index is 0.159. The Morgan fingerprint density at radius 3 is 2.44 bits per heavy atom. The molecule has 4 rings (SSSR count). The average Bonchev–Trinajstić information content (AvgIpc) is 2.70. The van der Waals surface area contributed by atoms with E-state index in [1.165, 1.54) is 21.4 Å². The fraction of sp³-hybridized carbons (Fsp3) is 0.0952. The Bertz CT molecular complexity index is 1260. The quantitative estimate of drug-likeness (QED) is 0.564. The lowest BCUT2D eigenvalue weighted by Crippen LogP contribution is -2.39. The van der Waals surface area contributed by atoms with Crippen LogP contribution in [0.4, 0.5) is 4.39 Å². The van der Waals surface area contributed by atoms with Gasteiger partial charge in [-0.05, 0) is 17.7 Å². The molecule has 0 fully saturated rings. The third kappa shape index (κ3) is 2.95. The smallest absolute Gasteiger partial charge is 0.280 e. The molecule has 0 aliphatic rings. The number of pyridine rings is 1. The molecular formula is C21H16FN3O2. The highest BCUT2D eigenvalue weighted by Crippen LogP contribution is 2.23. The van der Waals surface area contributed by atoms with Crippen LogP contribution < -0.4 is 11.2 Å². The van der Waals surface area contributed by atoms with Gasteiger partial charge in [0.1, 0.15) is 11.5 Å². The monoisotopic (exact) mass is 361 g/mol. The molecule has 4 aromatic rings. The van der Waals surface area contributed by atoms with Crippen molar-refractivity contribution in [3.63, 3.8) is 0 Å². The van der Waals surface area contributed by atoms with E-state index in [1.54, 1.807) is 31.3 Å². The number of rotatable bonds is 3. The van der Waals surface area contributed by atoms with Gasteiger partial charge in [-0.1, -0.05) is 48.5 Å². The van der Waals surface area contributed by atoms with Crippen LogP contribution in [0.3, 0.4) is 0 Å². The summed E-state index contributed by atoms with van der Waals surface area (Å²) in [5.41, 5.74) is 1.08. The summed E-state index contributed by atoms with van der Waals surface area (Å²) in [5, 5.41) is 0.272. The van der Waals surface area contributed by atoms with Crippen molar-refractivity contribution in [3.05, 3.63) is 99.1 Å². The maximum atomic E-state index is 14.1. The van der Waals surface area contributed by atoms with E-state index in [2.05, 4.69) is 4.98 Å². The van der Waals surface area contributed by atoms with Crippen molar-refractivity contribution >= 4 is 11.0 Å². The number of aryl methyl sites for hydroxylation is 1. The van der Waals surface area contributed by atoms with E-state index < -0.39 is 17.1 Å². The molecule has 0 amide bonds. The Kier molecular flexibility index (Phi) is 4.16. The van der Waals surface area contributed by atoms with Crippen molar-refractivity contribution in [2.75, 3.05) is 0 Å². The highest BCUT2D eigenvalue weighted by Gasteiger charge is 2.14. The summed E-state index contributed by atoms with van der Waals surface area (Å²) >= 11 is 0. The van der Waals surface area contributed by atoms with E-state index >= 15 is 0 Å². The molecule has 0 atom stereocenters. The molecule has 0 saturated carbocycles. The fourth-order valence-corrected chi connectivity index (χ4v) is 3.13. The Morgan fingerprint density at radius 1 is 1.00 bits per heavy atom. The molecule has 0 bridgehead atoms. The molecule has 0 radical (unpaired) electrons. The zero-order valence-electron chi connectivity index (χ0n) is 14.6. The van der Waals surface area contributed by atoms with Gasteiger partial charge in [-0.3, -0.25) is 13.9 Å². The van der Waals surface area contributed by atoms with Gasteiger partial charge in [0.25, 0.3) is 5.56 Å². The van der Waals surface area contributed by atoms with Gasteiger partial charge in [0, 0.05) is 24.4 Å². The lowest BCUT2D eigenvalue weighted by Gasteiger charge is -2.11. The molecule has 0 unspecified atom stereocenters. The number of nitrogens with zero attached hydrogens (tertiary/aromatic N) is 3. The number of fused-ring (bicyclic) bond motifs is 1. The van der Waals surface area contributed by atoms with Gasteiger partial charge in [-0.15, -0.1) is 0 Å². The van der Waals surface area contributed by atoms with E-state index in [0.29, 0.717) is 11.1 Å². The molecular weight excluding hydrogens is 345 g/mol. The van der Waals surface area contributed by atoms with Crippen molar-refractivity contribution in [1.82, 2.24) is 14.1 Å². The topological polar surface area (TPSA) is 56.9 Å². The molecule has 2 heterocycles. The summed E-state index contributed by atoms with van der Waals surface area (Å²) < 4.78 is 16.6. The minimum atomic E-state index is -0.442. The first-order valence-corrected chi connectivity index (χ1v) is 8.44. The normalized spacial score (nSPS) is 11.0. The van der Waals surface area contributed by atoms with Gasteiger partial charge >= 0.3 is 5.69 Å². The SMILES string of the molecule is Cn1c(=O)n(Cc2ccccc2)c(=O)c2cc(-c3ccccc3F)cnc21. The van der Waals surface area contributed by atoms with Crippen LogP contribution >= 0.6 is 0 Å². The molecule has 2 aromatic carbocycles. The van der Waals surface area contributed by atoms with Crippen molar-refractivity contribution in [2.24, 2.45) is 7.05 Å². The first kappa shape index (κ1) is 16.9. The first-order valence-electron chi connectivity index (χ1n) is 8.44. The lowest BCUT2D eigenvalue weighted by molar-refractivity contribution is 0.631. The Balaban J connectivity index is 1.95. The molecule has 0 saturated heterocycles. The number of aromatic nitrogens is 3. The van der Waals surface area contributed by atoms with Crippen LogP contribution in [-0.2, 0) is 13.6 Å². The number of halogens is 1. The summed E-state index contributed by atoms with van der Waals surface area (Å²) in [6.45, 7) is 0.159. The van der Waals surface area contributed by atoms with E-state index in [1.807, 2.05) is 30.3 Å². The number of benzene rings is 2. The average molecular weight is 361 g/mol. The zero-order chi connectivity index (χ0) is 19.0. The van der Waals surface area contributed by atoms with E-state index in [9.17, 15) is 14.0 Å². The Morgan fingerprint density at radius 2 is 1.70 bits per heavy atom. The van der Waals surface area contributed by atoms with Crippen LogP contribution in [0.25, 0.3) is 22.2 Å². The largest absolute Gasteiger partial charge is 0.332 e. The standard InChI is InChI=1S/C21H16FN3O2/c1-24-19-17(11-15(12-23-19)16-9-5-6-10-18(16)22)20(26)25(21(24)27)13-14-7-3-2-4-8-14/h2-12H,13H2,1H3. The van der Waals surface area contributed by atoms with Crippen LogP contribution in [0.5, 0.6) is 0 Å². The van der Waals surface area contributed by atoms with Crippen molar-refractivity contribution < 1.29 is 4.39 Å². The third-order valence-electron chi connectivity index (χ3n) is 4.55. The summed E-state index contributed by atoms with van der Waals surface area (Å²) in [6, 6.07) is 17.2. The van der Waals surface area contributed by atoms with Crippen molar-refractivity contribution in [1.29, 1.82) is 0 Å². The van der Waals surface area contributed by atoms with Gasteiger partial charge < -0.3 is 0 Å². The van der Waals surface area contributed by atoms with Crippen molar-refractivity contribution in [3.8, 4) is 11.1 Å². The van der Waals surface area contributed by atoms with E-state index in [0.717, 1.165) is 5.56 Å². The van der Waals surface area contributed by atoms with Gasteiger partial charge in [0.15, 0.2) is 0 Å². The molecule has 134 valence electrons. The lowest BCUT2D eigenvalue weighted by atomic mass is 10.1. The van der Waals surface area contributed by atoms with E-state index in [-0.39, 0.29) is 17.6 Å². The summed E-state index contributed by atoms with van der Waals surface area (Å²) in [5.74, 6) is -0.395. The van der Waals surface area contributed by atoms with Crippen LogP contribution in [0, 0.1) is 5.82 Å². The second kappa shape index (κ2) is 6.64. The second-order valence-corrected chi connectivity index (χ2v) is 6.29. The number of hydrogen-bond donors (Lipinski definition) is 0. The number of hydrogen-bond acceptors (Lipinski definition) is 3. The van der Waals surface area contributed by atoms with Gasteiger partial charge in [0.2, 0.25) is 0 Å². The molecule has 0 spiro atoms. The third-order valence-corrected chi connectivity index (χ3v) is 4.55. The van der Waals surface area contributed by atoms with Gasteiger partial charge in [-0.25, -0.2) is 14.2 Å². The zero-order valence-corrected chi connectivity index (χ0v) is 14.6. The van der Waals surface area contributed by atoms with Crippen LogP contribution in [0.15, 0.2) is 76.4 Å². The summed E-state index contributed by atoms with van der Waals surface area (Å²) in [4.78, 5) is 29.9. The molecule has 0 aliphatic heterocycles. The molecule has 5 nitrogen and oxygen atoms in total. The molecule has 0 N–H and O–H groups in total. The van der Waals surface area contributed by atoms with Crippen molar-refractivity contribution in [2.45, 2.75) is 6.54 Å². The first-order chi connectivity index (χ1) is 13.1. The Labute approximate surface area is 154 Å². The maximum Gasteiger partial charge on any atom is 0.332 e.